The van der Waals surface area contributed by atoms with E-state index >= 15 is 0 Å². The highest BCUT2D eigenvalue weighted by atomic mass is 35.5. The lowest BCUT2D eigenvalue weighted by atomic mass is 10.1. The third kappa shape index (κ3) is 4.50. The Labute approximate surface area is 163 Å². The molecule has 0 unspecified atom stereocenters. The number of hydrogen-bond donors (Lipinski definition) is 0. The molecule has 1 aliphatic rings. The summed E-state index contributed by atoms with van der Waals surface area (Å²) in [5.41, 5.74) is 1.96. The number of halogens is 1. The van der Waals surface area contributed by atoms with E-state index in [-0.39, 0.29) is 5.97 Å². The summed E-state index contributed by atoms with van der Waals surface area (Å²) in [4.78, 5) is 20.6. The molecule has 0 spiro atoms. The zero-order chi connectivity index (χ0) is 19.2. The number of nitriles is 1. The van der Waals surface area contributed by atoms with E-state index < -0.39 is 0 Å². The smallest absolute Gasteiger partial charge is 0.339 e. The van der Waals surface area contributed by atoms with Crippen LogP contribution in [0.1, 0.15) is 29.3 Å². The molecule has 1 aromatic carbocycles. The van der Waals surface area contributed by atoms with E-state index in [1.165, 1.54) is 0 Å². The average molecular weight is 385 g/mol. The predicted octanol–water partition coefficient (Wildman–Crippen LogP) is 3.50. The van der Waals surface area contributed by atoms with Gasteiger partial charge in [0.05, 0.1) is 23.4 Å². The highest BCUT2D eigenvalue weighted by molar-refractivity contribution is 6.30. The van der Waals surface area contributed by atoms with Gasteiger partial charge in [-0.2, -0.15) is 5.26 Å². The molecule has 1 aromatic heterocycles. The third-order valence-electron chi connectivity index (χ3n) is 4.50. The standard InChI is InChI=1S/C20H21ClN4O2/c1-2-27-20(26)16-5-7-19(23-14-16)25-9-3-8-24(10-11-25)18-12-17(21)6-4-15(18)13-22/h4-7,12,14H,2-3,8-11H2,1H3. The molecule has 1 fully saturated rings. The van der Waals surface area contributed by atoms with Gasteiger partial charge in [-0.3, -0.25) is 0 Å². The number of ether oxygens (including phenoxy) is 1. The second kappa shape index (κ2) is 8.74. The fourth-order valence-electron chi connectivity index (χ4n) is 3.16. The first-order valence-electron chi connectivity index (χ1n) is 8.95. The van der Waals surface area contributed by atoms with Crippen LogP contribution in [0.2, 0.25) is 5.02 Å². The maximum absolute atomic E-state index is 11.8. The van der Waals surface area contributed by atoms with Gasteiger partial charge in [-0.05, 0) is 43.7 Å². The molecular weight excluding hydrogens is 364 g/mol. The molecule has 140 valence electrons. The molecule has 2 heterocycles. The first-order valence-corrected chi connectivity index (χ1v) is 9.33. The van der Waals surface area contributed by atoms with Crippen molar-refractivity contribution < 1.29 is 9.53 Å². The molecule has 3 rings (SSSR count). The molecule has 1 aliphatic heterocycles. The van der Waals surface area contributed by atoms with E-state index in [0.717, 1.165) is 44.1 Å². The van der Waals surface area contributed by atoms with Crippen molar-refractivity contribution in [1.82, 2.24) is 4.98 Å². The number of anilines is 2. The molecule has 0 bridgehead atoms. The first kappa shape index (κ1) is 19.0. The largest absolute Gasteiger partial charge is 0.462 e. The van der Waals surface area contributed by atoms with Crippen molar-refractivity contribution in [3.63, 3.8) is 0 Å². The number of carbonyl (C=O) groups excluding carboxylic acids is 1. The van der Waals surface area contributed by atoms with Crippen LogP contribution < -0.4 is 9.80 Å². The third-order valence-corrected chi connectivity index (χ3v) is 4.73. The van der Waals surface area contributed by atoms with E-state index in [0.29, 0.717) is 22.8 Å². The van der Waals surface area contributed by atoms with Crippen LogP contribution >= 0.6 is 11.6 Å². The van der Waals surface area contributed by atoms with E-state index in [2.05, 4.69) is 20.9 Å². The topological polar surface area (TPSA) is 69.5 Å². The van der Waals surface area contributed by atoms with Crippen molar-refractivity contribution in [2.75, 3.05) is 42.6 Å². The van der Waals surface area contributed by atoms with Gasteiger partial charge in [-0.1, -0.05) is 11.6 Å². The Morgan fingerprint density at radius 1 is 1.22 bits per heavy atom. The highest BCUT2D eigenvalue weighted by Crippen LogP contribution is 2.26. The summed E-state index contributed by atoms with van der Waals surface area (Å²) >= 11 is 6.13. The summed E-state index contributed by atoms with van der Waals surface area (Å²) in [6.07, 6.45) is 2.49. The highest BCUT2D eigenvalue weighted by Gasteiger charge is 2.19. The minimum absolute atomic E-state index is 0.344. The van der Waals surface area contributed by atoms with Gasteiger partial charge < -0.3 is 14.5 Å². The fraction of sp³-hybridized carbons (Fsp3) is 0.350. The number of benzene rings is 1. The molecule has 0 radical (unpaired) electrons. The summed E-state index contributed by atoms with van der Waals surface area (Å²) in [5, 5.41) is 10.00. The van der Waals surface area contributed by atoms with Gasteiger partial charge in [0, 0.05) is 37.4 Å². The van der Waals surface area contributed by atoms with Gasteiger partial charge in [0.25, 0.3) is 0 Å². The maximum atomic E-state index is 11.8. The van der Waals surface area contributed by atoms with Gasteiger partial charge in [0.15, 0.2) is 0 Å². The SMILES string of the molecule is CCOC(=O)c1ccc(N2CCCN(c3cc(Cl)ccc3C#N)CC2)nc1. The van der Waals surface area contributed by atoms with Crippen LogP contribution in [0.3, 0.4) is 0 Å². The van der Waals surface area contributed by atoms with E-state index in [9.17, 15) is 10.1 Å². The van der Waals surface area contributed by atoms with Gasteiger partial charge in [-0.25, -0.2) is 9.78 Å². The fourth-order valence-corrected chi connectivity index (χ4v) is 3.32. The molecule has 1 saturated heterocycles. The molecule has 2 aromatic rings. The quantitative estimate of drug-likeness (QED) is 0.751. The Hall–Kier alpha value is -2.78. The number of hydrogen-bond acceptors (Lipinski definition) is 6. The van der Waals surface area contributed by atoms with Crippen LogP contribution in [0, 0.1) is 11.3 Å². The van der Waals surface area contributed by atoms with Crippen LogP contribution in [0.4, 0.5) is 11.5 Å². The van der Waals surface area contributed by atoms with Crippen LogP contribution in [0.25, 0.3) is 0 Å². The van der Waals surface area contributed by atoms with Gasteiger partial charge >= 0.3 is 5.97 Å². The van der Waals surface area contributed by atoms with Gasteiger partial charge in [0.1, 0.15) is 11.9 Å². The lowest BCUT2D eigenvalue weighted by Crippen LogP contribution is -2.31. The number of rotatable bonds is 4. The first-order chi connectivity index (χ1) is 13.1. The Morgan fingerprint density at radius 3 is 2.70 bits per heavy atom. The number of aromatic nitrogens is 1. The summed E-state index contributed by atoms with van der Waals surface area (Å²) in [6, 6.07) is 11.2. The molecule has 0 atom stereocenters. The summed E-state index contributed by atoms with van der Waals surface area (Å²) < 4.78 is 4.99. The van der Waals surface area contributed by atoms with Crippen LogP contribution in [0.5, 0.6) is 0 Å². The number of pyridine rings is 1. The zero-order valence-corrected chi connectivity index (χ0v) is 15.9. The molecule has 7 heteroatoms. The van der Waals surface area contributed by atoms with Gasteiger partial charge in [-0.15, -0.1) is 0 Å². The normalized spacial score (nSPS) is 14.4. The van der Waals surface area contributed by atoms with Crippen LogP contribution in [0.15, 0.2) is 36.5 Å². The molecule has 0 aliphatic carbocycles. The second-order valence-corrected chi connectivity index (χ2v) is 6.66. The molecule has 0 amide bonds. The maximum Gasteiger partial charge on any atom is 0.339 e. The van der Waals surface area contributed by atoms with Crippen molar-refractivity contribution in [3.05, 3.63) is 52.7 Å². The van der Waals surface area contributed by atoms with Gasteiger partial charge in [0.2, 0.25) is 0 Å². The molecule has 27 heavy (non-hydrogen) atoms. The molecule has 0 N–H and O–H groups in total. The van der Waals surface area contributed by atoms with E-state index in [4.69, 9.17) is 16.3 Å². The Morgan fingerprint density at radius 2 is 2.00 bits per heavy atom. The van der Waals surface area contributed by atoms with E-state index in [1.54, 1.807) is 31.3 Å². The van der Waals surface area contributed by atoms with Crippen molar-refractivity contribution in [3.8, 4) is 6.07 Å². The van der Waals surface area contributed by atoms with Crippen LogP contribution in [-0.4, -0.2) is 43.7 Å². The Balaban J connectivity index is 1.71. The van der Waals surface area contributed by atoms with Crippen molar-refractivity contribution in [1.29, 1.82) is 5.26 Å². The predicted molar refractivity (Wildman–Crippen MR) is 105 cm³/mol. The van der Waals surface area contributed by atoms with E-state index in [1.807, 2.05) is 12.1 Å². The molecule has 6 nitrogen and oxygen atoms in total. The Kier molecular flexibility index (Phi) is 6.15. The minimum Gasteiger partial charge on any atom is -0.462 e. The average Bonchev–Trinajstić information content (AvgIpc) is 2.94. The monoisotopic (exact) mass is 384 g/mol. The number of carbonyl (C=O) groups is 1. The summed E-state index contributed by atoms with van der Waals surface area (Å²) in [6.45, 7) is 5.34. The van der Waals surface area contributed by atoms with Crippen LogP contribution in [-0.2, 0) is 4.74 Å². The minimum atomic E-state index is -0.358. The zero-order valence-electron chi connectivity index (χ0n) is 15.2. The number of nitrogens with zero attached hydrogens (tertiary/aromatic N) is 4. The Bertz CT molecular complexity index is 848. The lowest BCUT2D eigenvalue weighted by molar-refractivity contribution is 0.0526. The molecular formula is C20H21ClN4O2. The molecule has 0 saturated carbocycles. The van der Waals surface area contributed by atoms with Crippen molar-refractivity contribution >= 4 is 29.1 Å². The van der Waals surface area contributed by atoms with Crippen molar-refractivity contribution in [2.24, 2.45) is 0 Å². The summed E-state index contributed by atoms with van der Waals surface area (Å²) in [7, 11) is 0. The summed E-state index contributed by atoms with van der Waals surface area (Å²) in [5.74, 6) is 0.472. The second-order valence-electron chi connectivity index (χ2n) is 6.23. The lowest BCUT2D eigenvalue weighted by Gasteiger charge is -2.25. The van der Waals surface area contributed by atoms with Crippen molar-refractivity contribution in [2.45, 2.75) is 13.3 Å². The number of esters is 1.